The average Bonchev–Trinajstić information content (AvgIpc) is 3.29. The van der Waals surface area contributed by atoms with Crippen LogP contribution >= 0.6 is 0 Å². The second kappa shape index (κ2) is 7.42. The second-order valence-corrected chi connectivity index (χ2v) is 5.48. The molecule has 0 saturated heterocycles. The van der Waals surface area contributed by atoms with Crippen LogP contribution in [0, 0.1) is 0 Å². The minimum absolute atomic E-state index is 0.177. The summed E-state index contributed by atoms with van der Waals surface area (Å²) >= 11 is 0. The number of alkyl halides is 3. The first-order valence-electron chi connectivity index (χ1n) is 7.81. The third-order valence-corrected chi connectivity index (χ3v) is 3.70. The smallest absolute Gasteiger partial charge is 0.417 e. The maximum absolute atomic E-state index is 13.2. The maximum Gasteiger partial charge on any atom is 0.417 e. The molecular weight excluding hydrogens is 349 g/mol. The molecule has 2 aromatic heterocycles. The van der Waals surface area contributed by atoms with E-state index < -0.39 is 17.6 Å². The fraction of sp³-hybridized carbons (Fsp3) is 0.235. The molecule has 0 fully saturated rings. The lowest BCUT2D eigenvalue weighted by atomic mass is 10.0. The van der Waals surface area contributed by atoms with E-state index in [1.54, 1.807) is 18.7 Å². The van der Waals surface area contributed by atoms with E-state index in [4.69, 9.17) is 4.42 Å². The standard InChI is InChI=1S/C17H15F3N4O2/c18-17(19,20)13-5-2-1-4-12(13)15-14(23-11-26-15)16(25)22-6-3-8-24-9-7-21-10-24/h1-2,4-5,7,9-11H,3,6,8H2,(H,22,25). The Balaban J connectivity index is 1.71. The summed E-state index contributed by atoms with van der Waals surface area (Å²) in [5.74, 6) is -0.790. The van der Waals surface area contributed by atoms with Crippen molar-refractivity contribution in [1.82, 2.24) is 19.9 Å². The maximum atomic E-state index is 13.2. The molecule has 0 aliphatic rings. The van der Waals surface area contributed by atoms with Crippen LogP contribution < -0.4 is 5.32 Å². The number of hydrogen-bond acceptors (Lipinski definition) is 4. The monoisotopic (exact) mass is 364 g/mol. The Morgan fingerprint density at radius 3 is 2.81 bits per heavy atom. The number of aromatic nitrogens is 3. The van der Waals surface area contributed by atoms with Gasteiger partial charge in [-0.05, 0) is 12.5 Å². The van der Waals surface area contributed by atoms with Crippen molar-refractivity contribution in [3.8, 4) is 11.3 Å². The molecule has 2 heterocycles. The summed E-state index contributed by atoms with van der Waals surface area (Å²) in [6.45, 7) is 0.993. The quantitative estimate of drug-likeness (QED) is 0.681. The molecule has 9 heteroatoms. The number of nitrogens with zero attached hydrogens (tertiary/aromatic N) is 3. The molecule has 3 rings (SSSR count). The van der Waals surface area contributed by atoms with Gasteiger partial charge in [-0.3, -0.25) is 4.79 Å². The fourth-order valence-electron chi connectivity index (χ4n) is 2.49. The van der Waals surface area contributed by atoms with Crippen molar-refractivity contribution < 1.29 is 22.4 Å². The molecule has 0 saturated carbocycles. The van der Waals surface area contributed by atoms with Gasteiger partial charge in [-0.1, -0.05) is 18.2 Å². The number of imidazole rings is 1. The summed E-state index contributed by atoms with van der Waals surface area (Å²) in [5.41, 5.74) is -1.28. The number of carbonyl (C=O) groups excluding carboxylic acids is 1. The normalized spacial score (nSPS) is 11.5. The van der Waals surface area contributed by atoms with Crippen molar-refractivity contribution in [2.24, 2.45) is 0 Å². The predicted octanol–water partition coefficient (Wildman–Crippen LogP) is 3.38. The van der Waals surface area contributed by atoms with Crippen LogP contribution in [0.4, 0.5) is 13.2 Å². The number of oxazole rings is 1. The highest BCUT2D eigenvalue weighted by molar-refractivity contribution is 5.97. The third-order valence-electron chi connectivity index (χ3n) is 3.70. The van der Waals surface area contributed by atoms with Crippen molar-refractivity contribution in [3.05, 3.63) is 60.6 Å². The van der Waals surface area contributed by atoms with Crippen molar-refractivity contribution in [2.75, 3.05) is 6.54 Å². The van der Waals surface area contributed by atoms with Gasteiger partial charge in [-0.2, -0.15) is 13.2 Å². The lowest BCUT2D eigenvalue weighted by molar-refractivity contribution is -0.137. The topological polar surface area (TPSA) is 73.0 Å². The third kappa shape index (κ3) is 3.93. The van der Waals surface area contributed by atoms with Gasteiger partial charge in [0.2, 0.25) is 0 Å². The van der Waals surface area contributed by atoms with E-state index in [9.17, 15) is 18.0 Å². The molecule has 1 amide bonds. The van der Waals surface area contributed by atoms with Crippen LogP contribution in [-0.4, -0.2) is 27.0 Å². The van der Waals surface area contributed by atoms with E-state index in [0.717, 1.165) is 12.5 Å². The molecule has 6 nitrogen and oxygen atoms in total. The molecule has 0 bridgehead atoms. The first-order valence-corrected chi connectivity index (χ1v) is 7.81. The first kappa shape index (κ1) is 17.7. The minimum atomic E-state index is -4.57. The number of amides is 1. The Morgan fingerprint density at radius 2 is 2.08 bits per heavy atom. The van der Waals surface area contributed by atoms with Crippen LogP contribution in [0.25, 0.3) is 11.3 Å². The molecule has 1 N–H and O–H groups in total. The van der Waals surface area contributed by atoms with Gasteiger partial charge in [-0.25, -0.2) is 9.97 Å². The summed E-state index contributed by atoms with van der Waals surface area (Å²) in [7, 11) is 0. The van der Waals surface area contributed by atoms with E-state index in [-0.39, 0.29) is 17.0 Å². The van der Waals surface area contributed by atoms with Crippen molar-refractivity contribution in [2.45, 2.75) is 19.1 Å². The lowest BCUT2D eigenvalue weighted by Crippen LogP contribution is -2.26. The Morgan fingerprint density at radius 1 is 1.27 bits per heavy atom. The first-order chi connectivity index (χ1) is 12.5. The van der Waals surface area contributed by atoms with Crippen molar-refractivity contribution >= 4 is 5.91 Å². The van der Waals surface area contributed by atoms with Gasteiger partial charge in [-0.15, -0.1) is 0 Å². The number of benzene rings is 1. The van der Waals surface area contributed by atoms with Gasteiger partial charge < -0.3 is 14.3 Å². The number of rotatable bonds is 6. The molecule has 26 heavy (non-hydrogen) atoms. The van der Waals surface area contributed by atoms with E-state index in [0.29, 0.717) is 19.5 Å². The Labute approximate surface area is 146 Å². The van der Waals surface area contributed by atoms with Crippen LogP contribution in [0.3, 0.4) is 0 Å². The Kier molecular flexibility index (Phi) is 5.06. The molecule has 0 radical (unpaired) electrons. The molecule has 3 aromatic rings. The number of halogens is 3. The minimum Gasteiger partial charge on any atom is -0.443 e. The second-order valence-electron chi connectivity index (χ2n) is 5.48. The zero-order chi connectivity index (χ0) is 18.6. The van der Waals surface area contributed by atoms with E-state index in [1.807, 2.05) is 4.57 Å². The van der Waals surface area contributed by atoms with Gasteiger partial charge in [0.15, 0.2) is 17.8 Å². The number of carbonyl (C=O) groups is 1. The van der Waals surface area contributed by atoms with Crippen LogP contribution in [0.1, 0.15) is 22.5 Å². The summed E-state index contributed by atoms with van der Waals surface area (Å²) in [5, 5.41) is 2.64. The summed E-state index contributed by atoms with van der Waals surface area (Å²) in [6, 6.07) is 4.91. The van der Waals surface area contributed by atoms with Gasteiger partial charge >= 0.3 is 6.18 Å². The van der Waals surface area contributed by atoms with Crippen LogP contribution in [0.15, 0.2) is 53.8 Å². The number of nitrogens with one attached hydrogen (secondary N) is 1. The molecular formula is C17H15F3N4O2. The van der Waals surface area contributed by atoms with Crippen molar-refractivity contribution in [1.29, 1.82) is 0 Å². The summed E-state index contributed by atoms with van der Waals surface area (Å²) < 4.78 is 46.5. The highest BCUT2D eigenvalue weighted by Gasteiger charge is 2.35. The molecule has 0 aliphatic heterocycles. The molecule has 1 aromatic carbocycles. The summed E-state index contributed by atoms with van der Waals surface area (Å²) in [6.07, 6.45) is 2.13. The van der Waals surface area contributed by atoms with E-state index >= 15 is 0 Å². The predicted molar refractivity (Wildman–Crippen MR) is 86.1 cm³/mol. The largest absolute Gasteiger partial charge is 0.443 e. The van der Waals surface area contributed by atoms with E-state index in [1.165, 1.54) is 18.2 Å². The SMILES string of the molecule is O=C(NCCCn1ccnc1)c1ncoc1-c1ccccc1C(F)(F)F. The molecule has 0 aliphatic carbocycles. The van der Waals surface area contributed by atoms with Gasteiger partial charge in [0.25, 0.3) is 5.91 Å². The molecule has 0 spiro atoms. The average molecular weight is 364 g/mol. The highest BCUT2D eigenvalue weighted by Crippen LogP contribution is 2.37. The van der Waals surface area contributed by atoms with Crippen LogP contribution in [0.2, 0.25) is 0 Å². The van der Waals surface area contributed by atoms with Gasteiger partial charge in [0.1, 0.15) is 0 Å². The van der Waals surface area contributed by atoms with Crippen LogP contribution in [-0.2, 0) is 12.7 Å². The van der Waals surface area contributed by atoms with Crippen LogP contribution in [0.5, 0.6) is 0 Å². The lowest BCUT2D eigenvalue weighted by Gasteiger charge is -2.11. The fourth-order valence-corrected chi connectivity index (χ4v) is 2.49. The summed E-state index contributed by atoms with van der Waals surface area (Å²) in [4.78, 5) is 20.0. The highest BCUT2D eigenvalue weighted by atomic mass is 19.4. The Bertz CT molecular complexity index is 872. The molecule has 0 atom stereocenters. The number of aryl methyl sites for hydroxylation is 1. The van der Waals surface area contributed by atoms with Gasteiger partial charge in [0, 0.05) is 31.0 Å². The van der Waals surface area contributed by atoms with E-state index in [2.05, 4.69) is 15.3 Å². The number of hydrogen-bond donors (Lipinski definition) is 1. The molecule has 136 valence electrons. The van der Waals surface area contributed by atoms with Gasteiger partial charge in [0.05, 0.1) is 11.9 Å². The zero-order valence-corrected chi connectivity index (χ0v) is 13.5. The zero-order valence-electron chi connectivity index (χ0n) is 13.5. The van der Waals surface area contributed by atoms with Crippen molar-refractivity contribution in [3.63, 3.8) is 0 Å². The molecule has 0 unspecified atom stereocenters. The Hall–Kier alpha value is -3.10.